The van der Waals surface area contributed by atoms with E-state index in [1.165, 1.54) is 0 Å². The molecule has 7 heavy (non-hydrogen) atoms. The maximum absolute atomic E-state index is 9.41. The normalized spacial score (nSPS) is 18.1. The van der Waals surface area contributed by atoms with Gasteiger partial charge in [0.2, 0.25) is 0 Å². The monoisotopic (exact) mass is 216 g/mol. The zero-order valence-electron chi connectivity index (χ0n) is 3.41. The molecule has 0 saturated carbocycles. The van der Waals surface area contributed by atoms with Crippen LogP contribution in [0.1, 0.15) is 0 Å². The molecule has 0 heterocycles. The Hall–Kier alpha value is 0.250. The molecule has 0 aromatic rings. The van der Waals surface area contributed by atoms with Gasteiger partial charge in [-0.1, -0.05) is 0 Å². The largest absolute Gasteiger partial charge is 0.379 e. The van der Waals surface area contributed by atoms with Gasteiger partial charge in [0.1, 0.15) is 4.11 Å². The molecular formula is C2H5IN2O2. The van der Waals surface area contributed by atoms with Crippen molar-refractivity contribution in [1.82, 2.24) is 0 Å². The number of rotatable bonds is 2. The van der Waals surface area contributed by atoms with Crippen LogP contribution < -0.4 is 5.73 Å². The van der Waals surface area contributed by atoms with Crippen LogP contribution in [0.15, 0.2) is 5.18 Å². The fourth-order valence-corrected chi connectivity index (χ4v) is 0.182. The fourth-order valence-electron chi connectivity index (χ4n) is 0.0502. The van der Waals surface area contributed by atoms with Crippen molar-refractivity contribution in [2.75, 3.05) is 0 Å². The maximum Gasteiger partial charge on any atom is 0.175 e. The minimum atomic E-state index is -0.986. The molecule has 2 unspecified atom stereocenters. The molecule has 3 N–H and O–H groups in total. The number of aliphatic hydroxyl groups is 1. The second-order valence-electron chi connectivity index (χ2n) is 0.969. The summed E-state index contributed by atoms with van der Waals surface area (Å²) in [6, 6.07) is 0. The quantitative estimate of drug-likeness (QED) is 0.381. The molecule has 42 valence electrons. The van der Waals surface area contributed by atoms with E-state index in [4.69, 9.17) is 10.8 Å². The van der Waals surface area contributed by atoms with Crippen LogP contribution in [0.25, 0.3) is 0 Å². The lowest BCUT2D eigenvalue weighted by Gasteiger charge is -2.00. The lowest BCUT2D eigenvalue weighted by Crippen LogP contribution is -2.26. The van der Waals surface area contributed by atoms with E-state index in [0.717, 1.165) is 0 Å². The minimum Gasteiger partial charge on any atom is -0.379 e. The summed E-state index contributed by atoms with van der Waals surface area (Å²) in [5.74, 6) is 0. The van der Waals surface area contributed by atoms with Crippen molar-refractivity contribution in [1.29, 1.82) is 0 Å². The van der Waals surface area contributed by atoms with Crippen LogP contribution in [0.4, 0.5) is 0 Å². The molecular weight excluding hydrogens is 211 g/mol. The van der Waals surface area contributed by atoms with E-state index >= 15 is 0 Å². The summed E-state index contributed by atoms with van der Waals surface area (Å²) in [7, 11) is 0. The Bertz CT molecular complexity index is 66.7. The second-order valence-corrected chi connectivity index (χ2v) is 2.24. The molecule has 0 fully saturated rings. The summed E-state index contributed by atoms with van der Waals surface area (Å²) in [6.45, 7) is 0. The molecule has 0 aliphatic heterocycles. The summed E-state index contributed by atoms with van der Waals surface area (Å²) in [5, 5.41) is 10.7. The maximum atomic E-state index is 9.41. The first-order chi connectivity index (χ1) is 3.18. The van der Waals surface area contributed by atoms with Crippen molar-refractivity contribution in [2.24, 2.45) is 10.9 Å². The number of aliphatic hydroxyl groups excluding tert-OH is 1. The van der Waals surface area contributed by atoms with E-state index < -0.39 is 10.3 Å². The third-order valence-corrected chi connectivity index (χ3v) is 1.14. The van der Waals surface area contributed by atoms with E-state index in [2.05, 4.69) is 5.18 Å². The highest BCUT2D eigenvalue weighted by Gasteiger charge is 2.08. The topological polar surface area (TPSA) is 75.7 Å². The van der Waals surface area contributed by atoms with Gasteiger partial charge < -0.3 is 10.8 Å². The van der Waals surface area contributed by atoms with E-state index in [0.29, 0.717) is 0 Å². The van der Waals surface area contributed by atoms with E-state index in [1.807, 2.05) is 0 Å². The summed E-state index contributed by atoms with van der Waals surface area (Å²) in [5.41, 5.74) is 4.88. The Morgan fingerprint density at radius 2 is 2.29 bits per heavy atom. The van der Waals surface area contributed by atoms with Crippen LogP contribution in [-0.2, 0) is 0 Å². The first-order valence-electron chi connectivity index (χ1n) is 1.58. The Balaban J connectivity index is 3.33. The van der Waals surface area contributed by atoms with Crippen LogP contribution >= 0.6 is 22.6 Å². The average Bonchev–Trinajstić information content (AvgIpc) is 1.65. The molecule has 0 aromatic heterocycles. The molecule has 0 rings (SSSR count). The van der Waals surface area contributed by atoms with Gasteiger partial charge in [0.05, 0.1) is 0 Å². The minimum absolute atomic E-state index is 0.866. The molecule has 0 saturated heterocycles. The van der Waals surface area contributed by atoms with Crippen LogP contribution in [0.2, 0.25) is 0 Å². The highest BCUT2D eigenvalue weighted by Crippen LogP contribution is 1.98. The molecule has 0 amide bonds. The van der Waals surface area contributed by atoms with Gasteiger partial charge in [-0.2, -0.15) is 0 Å². The van der Waals surface area contributed by atoms with Crippen LogP contribution in [0, 0.1) is 4.91 Å². The molecule has 0 aliphatic rings. The lowest BCUT2D eigenvalue weighted by molar-refractivity contribution is 0.249. The van der Waals surface area contributed by atoms with Gasteiger partial charge in [0, 0.05) is 0 Å². The third-order valence-electron chi connectivity index (χ3n) is 0.404. The van der Waals surface area contributed by atoms with Crippen molar-refractivity contribution in [3.05, 3.63) is 4.91 Å². The van der Waals surface area contributed by atoms with Crippen molar-refractivity contribution >= 4 is 22.6 Å². The van der Waals surface area contributed by atoms with Gasteiger partial charge in [-0.3, -0.25) is 0 Å². The van der Waals surface area contributed by atoms with E-state index in [-0.39, 0.29) is 0 Å². The number of halogens is 1. The first kappa shape index (κ1) is 7.25. The summed E-state index contributed by atoms with van der Waals surface area (Å²) in [4.78, 5) is 9.41. The highest BCUT2D eigenvalue weighted by atomic mass is 127. The van der Waals surface area contributed by atoms with Crippen LogP contribution in [0.5, 0.6) is 0 Å². The van der Waals surface area contributed by atoms with Gasteiger partial charge >= 0.3 is 0 Å². The zero-order chi connectivity index (χ0) is 5.86. The fraction of sp³-hybridized carbons (Fsp3) is 1.00. The number of hydrogen-bond acceptors (Lipinski definition) is 4. The van der Waals surface area contributed by atoms with Crippen LogP contribution in [0.3, 0.4) is 0 Å². The summed E-state index contributed by atoms with van der Waals surface area (Å²) in [6.07, 6.45) is -0.986. The van der Waals surface area contributed by atoms with Crippen LogP contribution in [-0.4, -0.2) is 15.4 Å². The number of alkyl halides is 1. The van der Waals surface area contributed by atoms with Gasteiger partial charge in [0.15, 0.2) is 6.17 Å². The van der Waals surface area contributed by atoms with Gasteiger partial charge in [-0.25, -0.2) is 0 Å². The number of nitrogens with two attached hydrogens (primary N) is 1. The van der Waals surface area contributed by atoms with Crippen molar-refractivity contribution < 1.29 is 5.11 Å². The molecule has 0 aromatic carbocycles. The third kappa shape index (κ3) is 2.89. The summed E-state index contributed by atoms with van der Waals surface area (Å²) < 4.78 is -0.866. The van der Waals surface area contributed by atoms with E-state index in [1.54, 1.807) is 22.6 Å². The number of hydrogen-bond donors (Lipinski definition) is 2. The molecule has 2 atom stereocenters. The van der Waals surface area contributed by atoms with Crippen molar-refractivity contribution in [3.8, 4) is 0 Å². The van der Waals surface area contributed by atoms with Gasteiger partial charge in [-0.15, -0.1) is 4.91 Å². The molecule has 0 bridgehead atoms. The van der Waals surface area contributed by atoms with E-state index in [9.17, 15) is 4.91 Å². The zero-order valence-corrected chi connectivity index (χ0v) is 5.57. The molecule has 0 spiro atoms. The van der Waals surface area contributed by atoms with Gasteiger partial charge in [-0.05, 0) is 27.8 Å². The SMILES string of the molecule is NC(N=O)C(O)I. The summed E-state index contributed by atoms with van der Waals surface area (Å²) >= 11 is 1.61. The molecule has 0 radical (unpaired) electrons. The first-order valence-corrected chi connectivity index (χ1v) is 2.83. The molecule has 4 nitrogen and oxygen atoms in total. The lowest BCUT2D eigenvalue weighted by atomic mass is 10.6. The Kier molecular flexibility index (Phi) is 3.39. The Morgan fingerprint density at radius 1 is 1.86 bits per heavy atom. The van der Waals surface area contributed by atoms with Gasteiger partial charge in [0.25, 0.3) is 0 Å². The van der Waals surface area contributed by atoms with Crippen molar-refractivity contribution in [2.45, 2.75) is 10.3 Å². The number of nitroso groups, excluding NO2 is 1. The smallest absolute Gasteiger partial charge is 0.175 e. The average molecular weight is 216 g/mol. The Morgan fingerprint density at radius 3 is 2.29 bits per heavy atom. The number of nitrogens with zero attached hydrogens (tertiary/aromatic N) is 1. The Labute approximate surface area is 54.2 Å². The molecule has 0 aliphatic carbocycles. The second kappa shape index (κ2) is 3.28. The highest BCUT2D eigenvalue weighted by molar-refractivity contribution is 14.1. The van der Waals surface area contributed by atoms with Crippen molar-refractivity contribution in [3.63, 3.8) is 0 Å². The standard InChI is InChI=1S/C2H5IN2O2/c3-1(6)2(4)5-7/h1-2,6H,4H2. The predicted molar refractivity (Wildman–Crippen MR) is 33.8 cm³/mol. The predicted octanol–water partition coefficient (Wildman–Crippen LogP) is -0.209. The molecule has 5 heteroatoms.